The zero-order chi connectivity index (χ0) is 9.14. The Bertz CT molecular complexity index is 367. The maximum Gasteiger partial charge on any atom is 0.364 e. The molecule has 1 aromatic rings. The first-order chi connectivity index (χ1) is 5.65. The average molecular weight is 163 g/mol. The molecule has 60 valence electrons. The maximum atomic E-state index is 10.2. The number of hydrogen-bond donors (Lipinski definition) is 0. The topological polar surface area (TPSA) is 79.8 Å². The number of rotatable bonds is 1. The summed E-state index contributed by atoms with van der Waals surface area (Å²) >= 11 is 0. The average Bonchev–Trinajstić information content (AvgIpc) is 2.05. The van der Waals surface area contributed by atoms with Crippen molar-refractivity contribution in [3.8, 4) is 6.07 Å². The quantitative estimate of drug-likeness (QED) is 0.459. The highest BCUT2D eigenvalue weighted by Crippen LogP contribution is 2.12. The number of nitrogens with zero attached hydrogens (tertiary/aromatic N) is 3. The van der Waals surface area contributed by atoms with Crippen LogP contribution in [0.25, 0.3) is 0 Å². The maximum absolute atomic E-state index is 10.2. The van der Waals surface area contributed by atoms with Crippen molar-refractivity contribution in [3.63, 3.8) is 0 Å². The van der Waals surface area contributed by atoms with E-state index in [1.165, 1.54) is 6.20 Å². The number of aromatic nitrogens is 1. The van der Waals surface area contributed by atoms with Gasteiger partial charge in [-0.15, -0.1) is 0 Å². The molecule has 1 rings (SSSR count). The molecule has 0 bridgehead atoms. The summed E-state index contributed by atoms with van der Waals surface area (Å²) in [6, 6.07) is 3.01. The van der Waals surface area contributed by atoms with Crippen LogP contribution in [0.15, 0.2) is 12.3 Å². The Labute approximate surface area is 68.4 Å². The third-order valence-corrected chi connectivity index (χ3v) is 1.40. The van der Waals surface area contributed by atoms with Gasteiger partial charge in [-0.1, -0.05) is 0 Å². The van der Waals surface area contributed by atoms with Crippen molar-refractivity contribution in [2.45, 2.75) is 6.92 Å². The highest BCUT2D eigenvalue weighted by molar-refractivity contribution is 5.40. The highest BCUT2D eigenvalue weighted by Gasteiger charge is 2.09. The molecule has 0 amide bonds. The van der Waals surface area contributed by atoms with E-state index < -0.39 is 4.92 Å². The molecule has 0 aliphatic carbocycles. The smallest absolute Gasteiger partial charge is 0.358 e. The summed E-state index contributed by atoms with van der Waals surface area (Å²) in [6.45, 7) is 1.68. The zero-order valence-corrected chi connectivity index (χ0v) is 6.31. The lowest BCUT2D eigenvalue weighted by Gasteiger charge is -1.93. The van der Waals surface area contributed by atoms with Crippen LogP contribution in [0.1, 0.15) is 11.1 Å². The van der Waals surface area contributed by atoms with Crippen molar-refractivity contribution in [1.29, 1.82) is 5.26 Å². The molecule has 0 N–H and O–H groups in total. The number of nitriles is 1. The Kier molecular flexibility index (Phi) is 2.01. The third kappa shape index (κ3) is 1.37. The third-order valence-electron chi connectivity index (χ3n) is 1.40. The van der Waals surface area contributed by atoms with Gasteiger partial charge < -0.3 is 10.1 Å². The molecule has 1 heterocycles. The number of nitro groups is 1. The van der Waals surface area contributed by atoms with Gasteiger partial charge in [0.15, 0.2) is 0 Å². The summed E-state index contributed by atoms with van der Waals surface area (Å²) in [6.07, 6.45) is 1.32. The molecule has 0 saturated heterocycles. The minimum Gasteiger partial charge on any atom is -0.358 e. The Morgan fingerprint density at radius 1 is 1.75 bits per heavy atom. The van der Waals surface area contributed by atoms with E-state index in [1.54, 1.807) is 6.92 Å². The van der Waals surface area contributed by atoms with Crippen LogP contribution in [0.3, 0.4) is 0 Å². The van der Waals surface area contributed by atoms with Crippen LogP contribution in [0.4, 0.5) is 5.82 Å². The molecule has 0 aliphatic rings. The summed E-state index contributed by atoms with van der Waals surface area (Å²) in [7, 11) is 0. The second kappa shape index (κ2) is 2.96. The van der Waals surface area contributed by atoms with Crippen molar-refractivity contribution >= 4 is 5.82 Å². The standard InChI is InChI=1S/C7H5N3O2/c1-5-4-9-7(10(11)12)2-6(5)3-8/h2,4H,1H3. The van der Waals surface area contributed by atoms with E-state index in [2.05, 4.69) is 4.98 Å². The Hall–Kier alpha value is -1.96. The van der Waals surface area contributed by atoms with Gasteiger partial charge >= 0.3 is 5.82 Å². The molecule has 0 atom stereocenters. The summed E-state index contributed by atoms with van der Waals surface area (Å²) in [5, 5.41) is 18.7. The lowest BCUT2D eigenvalue weighted by molar-refractivity contribution is -0.389. The van der Waals surface area contributed by atoms with E-state index in [-0.39, 0.29) is 11.4 Å². The van der Waals surface area contributed by atoms with E-state index in [0.717, 1.165) is 6.07 Å². The molecule has 0 aromatic carbocycles. The summed E-state index contributed by atoms with van der Waals surface area (Å²) in [5.74, 6) is -0.294. The predicted molar refractivity (Wildman–Crippen MR) is 40.3 cm³/mol. The van der Waals surface area contributed by atoms with Gasteiger partial charge in [-0.3, -0.25) is 0 Å². The van der Waals surface area contributed by atoms with E-state index in [4.69, 9.17) is 5.26 Å². The Morgan fingerprint density at radius 3 is 2.92 bits per heavy atom. The Balaban J connectivity index is 3.25. The van der Waals surface area contributed by atoms with Crippen LogP contribution < -0.4 is 0 Å². The summed E-state index contributed by atoms with van der Waals surface area (Å²) in [5.41, 5.74) is 0.930. The van der Waals surface area contributed by atoms with Gasteiger partial charge in [-0.05, 0) is 16.8 Å². The van der Waals surface area contributed by atoms with Crippen molar-refractivity contribution in [2.24, 2.45) is 0 Å². The van der Waals surface area contributed by atoms with Crippen molar-refractivity contribution in [2.75, 3.05) is 0 Å². The number of aryl methyl sites for hydroxylation is 1. The van der Waals surface area contributed by atoms with Gasteiger partial charge in [-0.2, -0.15) is 5.26 Å². The van der Waals surface area contributed by atoms with Crippen molar-refractivity contribution in [1.82, 2.24) is 4.98 Å². The first kappa shape index (κ1) is 8.14. The lowest BCUT2D eigenvalue weighted by Crippen LogP contribution is -1.94. The second-order valence-electron chi connectivity index (χ2n) is 2.23. The first-order valence-electron chi connectivity index (χ1n) is 3.16. The first-order valence-corrected chi connectivity index (χ1v) is 3.16. The molecular formula is C7H5N3O2. The van der Waals surface area contributed by atoms with Crippen LogP contribution in [-0.2, 0) is 0 Å². The van der Waals surface area contributed by atoms with Crippen LogP contribution in [0, 0.1) is 28.4 Å². The fourth-order valence-electron chi connectivity index (χ4n) is 0.733. The normalized spacial score (nSPS) is 9.00. The molecule has 0 aliphatic heterocycles. The van der Waals surface area contributed by atoms with Gasteiger partial charge in [0.05, 0.1) is 17.7 Å². The molecule has 5 heteroatoms. The van der Waals surface area contributed by atoms with Crippen LogP contribution in [0.2, 0.25) is 0 Å². The Morgan fingerprint density at radius 2 is 2.42 bits per heavy atom. The second-order valence-corrected chi connectivity index (χ2v) is 2.23. The van der Waals surface area contributed by atoms with Crippen LogP contribution in [0.5, 0.6) is 0 Å². The highest BCUT2D eigenvalue weighted by atomic mass is 16.6. The largest absolute Gasteiger partial charge is 0.364 e. The van der Waals surface area contributed by atoms with Crippen LogP contribution >= 0.6 is 0 Å². The van der Waals surface area contributed by atoms with Gasteiger partial charge in [0, 0.05) is 5.56 Å². The van der Waals surface area contributed by atoms with Gasteiger partial charge in [0.1, 0.15) is 6.20 Å². The van der Waals surface area contributed by atoms with E-state index in [1.807, 2.05) is 6.07 Å². The predicted octanol–water partition coefficient (Wildman–Crippen LogP) is 1.17. The number of hydrogen-bond acceptors (Lipinski definition) is 4. The molecule has 0 spiro atoms. The molecule has 0 radical (unpaired) electrons. The molecule has 1 aromatic heterocycles. The summed E-state index contributed by atoms with van der Waals surface area (Å²) < 4.78 is 0. The minimum atomic E-state index is -0.625. The number of pyridine rings is 1. The fourth-order valence-corrected chi connectivity index (χ4v) is 0.733. The lowest BCUT2D eigenvalue weighted by atomic mass is 10.2. The van der Waals surface area contributed by atoms with Crippen LogP contribution in [-0.4, -0.2) is 9.91 Å². The molecule has 0 fully saturated rings. The molecular weight excluding hydrogens is 158 g/mol. The summed E-state index contributed by atoms with van der Waals surface area (Å²) in [4.78, 5) is 13.1. The zero-order valence-electron chi connectivity index (χ0n) is 6.31. The fraction of sp³-hybridized carbons (Fsp3) is 0.143. The molecule has 0 saturated carbocycles. The monoisotopic (exact) mass is 163 g/mol. The van der Waals surface area contributed by atoms with E-state index >= 15 is 0 Å². The SMILES string of the molecule is Cc1cnc([N+](=O)[O-])cc1C#N. The van der Waals surface area contributed by atoms with Crippen molar-refractivity contribution in [3.05, 3.63) is 33.5 Å². The minimum absolute atomic E-state index is 0.289. The molecule has 12 heavy (non-hydrogen) atoms. The van der Waals surface area contributed by atoms with E-state index in [9.17, 15) is 10.1 Å². The molecule has 0 unspecified atom stereocenters. The molecule has 5 nitrogen and oxygen atoms in total. The van der Waals surface area contributed by atoms with Crippen molar-refractivity contribution < 1.29 is 4.92 Å². The van der Waals surface area contributed by atoms with Gasteiger partial charge in [0.2, 0.25) is 0 Å². The van der Waals surface area contributed by atoms with E-state index in [0.29, 0.717) is 5.56 Å². The van der Waals surface area contributed by atoms with Gasteiger partial charge in [0.25, 0.3) is 0 Å². The van der Waals surface area contributed by atoms with Gasteiger partial charge in [-0.25, -0.2) is 0 Å².